The minimum atomic E-state index is -0.928. The first kappa shape index (κ1) is 15.3. The average Bonchev–Trinajstić information content (AvgIpc) is 2.76. The molecular formula is C13H16N4O3S. The minimum Gasteiger partial charge on any atom is -0.481 e. The Labute approximate surface area is 126 Å². The van der Waals surface area contributed by atoms with Crippen LogP contribution in [0.4, 0.5) is 0 Å². The molecule has 0 spiro atoms. The molecule has 0 atom stereocenters. The monoisotopic (exact) mass is 308 g/mol. The third-order valence-electron chi connectivity index (χ3n) is 2.92. The van der Waals surface area contributed by atoms with E-state index in [9.17, 15) is 9.59 Å². The third kappa shape index (κ3) is 3.33. The van der Waals surface area contributed by atoms with E-state index in [-0.39, 0.29) is 18.2 Å². The van der Waals surface area contributed by atoms with E-state index in [1.807, 2.05) is 13.0 Å². The molecule has 8 heteroatoms. The molecular weight excluding hydrogens is 292 g/mol. The van der Waals surface area contributed by atoms with E-state index in [1.165, 1.54) is 4.90 Å². The summed E-state index contributed by atoms with van der Waals surface area (Å²) in [5.74, 6) is -1.14. The number of fused-ring (bicyclic) bond motifs is 1. The molecule has 2 heterocycles. The molecule has 0 aromatic carbocycles. The molecule has 112 valence electrons. The number of rotatable bonds is 5. The number of aryl methyl sites for hydroxylation is 1. The number of hydrogen-bond acceptors (Lipinski definition) is 5. The normalized spacial score (nSPS) is 10.8. The van der Waals surface area contributed by atoms with Crippen molar-refractivity contribution in [3.8, 4) is 0 Å². The highest BCUT2D eigenvalue weighted by Gasteiger charge is 2.18. The summed E-state index contributed by atoms with van der Waals surface area (Å²) < 4.78 is 1.66. The Hall–Kier alpha value is -2.09. The predicted octanol–water partition coefficient (Wildman–Crippen LogP) is 1.00. The highest BCUT2D eigenvalue weighted by Crippen LogP contribution is 2.24. The molecule has 7 nitrogen and oxygen atoms in total. The maximum absolute atomic E-state index is 12.0. The summed E-state index contributed by atoms with van der Waals surface area (Å²) in [7, 11) is 3.34. The van der Waals surface area contributed by atoms with Crippen molar-refractivity contribution < 1.29 is 14.7 Å². The lowest BCUT2D eigenvalue weighted by atomic mass is 10.3. The largest absolute Gasteiger partial charge is 0.481 e. The quantitative estimate of drug-likeness (QED) is 0.829. The van der Waals surface area contributed by atoms with E-state index in [1.54, 1.807) is 24.9 Å². The number of amides is 1. The Kier molecular flexibility index (Phi) is 4.46. The molecule has 1 amide bonds. The Balaban J connectivity index is 2.47. The summed E-state index contributed by atoms with van der Waals surface area (Å²) >= 11 is 1.08. The van der Waals surface area contributed by atoms with Gasteiger partial charge in [-0.15, -0.1) is 0 Å². The number of carbonyl (C=O) groups is 2. The smallest absolute Gasteiger partial charge is 0.313 e. The van der Waals surface area contributed by atoms with Crippen LogP contribution in [0.5, 0.6) is 0 Å². The second kappa shape index (κ2) is 6.13. The van der Waals surface area contributed by atoms with E-state index < -0.39 is 5.97 Å². The summed E-state index contributed by atoms with van der Waals surface area (Å²) in [4.78, 5) is 32.9. The van der Waals surface area contributed by atoms with Gasteiger partial charge in [0.1, 0.15) is 12.1 Å². The van der Waals surface area contributed by atoms with E-state index >= 15 is 0 Å². The Morgan fingerprint density at radius 1 is 1.43 bits per heavy atom. The van der Waals surface area contributed by atoms with Crippen LogP contribution in [0.15, 0.2) is 17.4 Å². The number of hydrogen-bond donors (Lipinski definition) is 1. The molecule has 0 aliphatic carbocycles. The predicted molar refractivity (Wildman–Crippen MR) is 79.3 cm³/mol. The maximum Gasteiger partial charge on any atom is 0.313 e. The van der Waals surface area contributed by atoms with E-state index in [0.29, 0.717) is 16.3 Å². The van der Waals surface area contributed by atoms with Crippen molar-refractivity contribution in [2.75, 3.05) is 19.8 Å². The summed E-state index contributed by atoms with van der Waals surface area (Å²) in [5.41, 5.74) is 2.23. The molecule has 21 heavy (non-hydrogen) atoms. The van der Waals surface area contributed by atoms with Crippen molar-refractivity contribution in [3.63, 3.8) is 0 Å². The number of carboxylic acid groups (broad SMARTS) is 1. The zero-order valence-electron chi connectivity index (χ0n) is 12.0. The van der Waals surface area contributed by atoms with Crippen LogP contribution >= 0.6 is 11.8 Å². The molecule has 0 saturated carbocycles. The maximum atomic E-state index is 12.0. The molecule has 0 unspecified atom stereocenters. The number of pyridine rings is 1. The van der Waals surface area contributed by atoms with Gasteiger partial charge >= 0.3 is 5.97 Å². The number of carboxylic acids is 1. The first-order valence-electron chi connectivity index (χ1n) is 6.26. The second-order valence-electron chi connectivity index (χ2n) is 4.75. The van der Waals surface area contributed by atoms with Gasteiger partial charge in [0.25, 0.3) is 0 Å². The fourth-order valence-corrected chi connectivity index (χ4v) is 2.49. The van der Waals surface area contributed by atoms with Crippen molar-refractivity contribution in [1.29, 1.82) is 0 Å². The van der Waals surface area contributed by atoms with Crippen LogP contribution in [0, 0.1) is 6.92 Å². The van der Waals surface area contributed by atoms with Crippen LogP contribution in [-0.2, 0) is 16.1 Å². The van der Waals surface area contributed by atoms with Gasteiger partial charge in [-0.1, -0.05) is 11.8 Å². The summed E-state index contributed by atoms with van der Waals surface area (Å²) in [5, 5.41) is 9.31. The average molecular weight is 308 g/mol. The van der Waals surface area contributed by atoms with Gasteiger partial charge in [0, 0.05) is 20.3 Å². The molecule has 2 rings (SSSR count). The summed E-state index contributed by atoms with van der Waals surface area (Å²) in [6, 6.07) is 1.83. The van der Waals surface area contributed by atoms with E-state index in [4.69, 9.17) is 5.11 Å². The zero-order valence-corrected chi connectivity index (χ0v) is 12.8. The number of likely N-dealkylation sites (N-methyl/N-ethyl adjacent to an activating group) is 1. The molecule has 2 aromatic rings. The van der Waals surface area contributed by atoms with Crippen LogP contribution in [0.3, 0.4) is 0 Å². The van der Waals surface area contributed by atoms with Gasteiger partial charge in [0.2, 0.25) is 5.91 Å². The third-order valence-corrected chi connectivity index (χ3v) is 3.88. The summed E-state index contributed by atoms with van der Waals surface area (Å²) in [6.45, 7) is 1.99. The molecule has 0 saturated heterocycles. The van der Waals surface area contributed by atoms with Crippen LogP contribution in [-0.4, -0.2) is 56.3 Å². The van der Waals surface area contributed by atoms with Gasteiger partial charge in [0.05, 0.1) is 5.75 Å². The number of imidazole rings is 1. The molecule has 0 aliphatic heterocycles. The van der Waals surface area contributed by atoms with Crippen molar-refractivity contribution in [1.82, 2.24) is 19.4 Å². The lowest BCUT2D eigenvalue weighted by Crippen LogP contribution is -2.26. The molecule has 0 fully saturated rings. The van der Waals surface area contributed by atoms with Gasteiger partial charge in [-0.25, -0.2) is 9.97 Å². The van der Waals surface area contributed by atoms with Gasteiger partial charge in [-0.05, 0) is 18.6 Å². The number of aliphatic carboxylic acids is 1. The Morgan fingerprint density at radius 3 is 2.76 bits per heavy atom. The van der Waals surface area contributed by atoms with Crippen molar-refractivity contribution in [2.24, 2.45) is 0 Å². The van der Waals surface area contributed by atoms with Gasteiger partial charge < -0.3 is 10.0 Å². The molecule has 0 bridgehead atoms. The lowest BCUT2D eigenvalue weighted by molar-refractivity contribution is -0.134. The van der Waals surface area contributed by atoms with Crippen molar-refractivity contribution >= 4 is 34.8 Å². The van der Waals surface area contributed by atoms with Gasteiger partial charge in [-0.3, -0.25) is 14.2 Å². The minimum absolute atomic E-state index is 0.0852. The standard InChI is InChI=1S/C13H16N4O3S/c1-8-4-5-14-12-11(8)15-13(21-7-10(19)20)17(12)6-9(18)16(2)3/h4-5H,6-7H2,1-3H3,(H,19,20). The number of carbonyl (C=O) groups excluding carboxylic acids is 1. The lowest BCUT2D eigenvalue weighted by Gasteiger charge is -2.12. The van der Waals surface area contributed by atoms with Crippen molar-refractivity contribution in [3.05, 3.63) is 17.8 Å². The number of nitrogens with zero attached hydrogens (tertiary/aromatic N) is 4. The SMILES string of the molecule is Cc1ccnc2c1nc(SCC(=O)O)n2CC(=O)N(C)C. The molecule has 2 aromatic heterocycles. The molecule has 1 N–H and O–H groups in total. The molecule has 0 aliphatic rings. The fraction of sp³-hybridized carbons (Fsp3) is 0.385. The second-order valence-corrected chi connectivity index (χ2v) is 5.69. The fourth-order valence-electron chi connectivity index (χ4n) is 1.77. The highest BCUT2D eigenvalue weighted by atomic mass is 32.2. The van der Waals surface area contributed by atoms with Gasteiger partial charge in [0.15, 0.2) is 10.8 Å². The number of thioether (sulfide) groups is 1. The summed E-state index contributed by atoms with van der Waals surface area (Å²) in [6.07, 6.45) is 1.65. The Bertz CT molecular complexity index is 696. The molecule has 0 radical (unpaired) electrons. The van der Waals surface area contributed by atoms with Crippen LogP contribution < -0.4 is 0 Å². The van der Waals surface area contributed by atoms with Crippen LogP contribution in [0.1, 0.15) is 5.56 Å². The van der Waals surface area contributed by atoms with Crippen LogP contribution in [0.25, 0.3) is 11.2 Å². The van der Waals surface area contributed by atoms with Crippen molar-refractivity contribution in [2.45, 2.75) is 18.6 Å². The van der Waals surface area contributed by atoms with Gasteiger partial charge in [-0.2, -0.15) is 0 Å². The Morgan fingerprint density at radius 2 is 2.14 bits per heavy atom. The van der Waals surface area contributed by atoms with E-state index in [2.05, 4.69) is 9.97 Å². The highest BCUT2D eigenvalue weighted by molar-refractivity contribution is 7.99. The first-order valence-corrected chi connectivity index (χ1v) is 7.25. The van der Waals surface area contributed by atoms with E-state index in [0.717, 1.165) is 17.3 Å². The van der Waals surface area contributed by atoms with Crippen LogP contribution in [0.2, 0.25) is 0 Å². The topological polar surface area (TPSA) is 88.3 Å². The first-order chi connectivity index (χ1) is 9.90. The number of aromatic nitrogens is 3. The zero-order chi connectivity index (χ0) is 15.6.